The maximum atomic E-state index is 12.9. The Balaban J connectivity index is 2.31. The molecular formula is C23H29NO4S. The first-order valence-corrected chi connectivity index (χ1v) is 11.3. The molecular weight excluding hydrogens is 386 g/mol. The molecule has 6 heteroatoms. The Kier molecular flexibility index (Phi) is 8.46. The summed E-state index contributed by atoms with van der Waals surface area (Å²) in [5, 5.41) is 4.38. The van der Waals surface area contributed by atoms with Crippen molar-refractivity contribution in [3.63, 3.8) is 0 Å². The predicted octanol–water partition coefficient (Wildman–Crippen LogP) is 4.17. The fraction of sp³-hybridized carbons (Fsp3) is 0.348. The van der Waals surface area contributed by atoms with Crippen molar-refractivity contribution in [3.05, 3.63) is 76.8 Å². The predicted molar refractivity (Wildman–Crippen MR) is 115 cm³/mol. The maximum Gasteiger partial charge on any atom is 0.328 e. The molecule has 0 heterocycles. The lowest BCUT2D eigenvalue weighted by atomic mass is 10.1. The molecule has 0 saturated heterocycles. The second kappa shape index (κ2) is 10.8. The van der Waals surface area contributed by atoms with E-state index in [1.165, 1.54) is 12.5 Å². The smallest absolute Gasteiger partial charge is 0.328 e. The second-order valence-corrected chi connectivity index (χ2v) is 8.81. The standard InChI is InChI=1S/C23H29NO4S/c1-4-5-11-20(17-29(26,27)21-14-12-18(2)13-15-21)24-22(23(25)28-3)16-19-9-7-6-8-10-19/h6-10,12-15,17,22,24H,4-5,11,16H2,1-3H3/b20-17-/t22-/m0/s1. The third kappa shape index (κ3) is 7.06. The van der Waals surface area contributed by atoms with Gasteiger partial charge in [-0.15, -0.1) is 0 Å². The van der Waals surface area contributed by atoms with E-state index in [1.54, 1.807) is 24.3 Å². The minimum atomic E-state index is -3.63. The van der Waals surface area contributed by atoms with Gasteiger partial charge in [-0.3, -0.25) is 0 Å². The number of aryl methyl sites for hydroxylation is 1. The maximum absolute atomic E-state index is 12.9. The highest BCUT2D eigenvalue weighted by Crippen LogP contribution is 2.18. The summed E-state index contributed by atoms with van der Waals surface area (Å²) in [6.07, 6.45) is 2.65. The van der Waals surface area contributed by atoms with Crippen LogP contribution in [0, 0.1) is 6.92 Å². The number of benzene rings is 2. The van der Waals surface area contributed by atoms with Gasteiger partial charge >= 0.3 is 5.97 Å². The van der Waals surface area contributed by atoms with Crippen molar-refractivity contribution in [3.8, 4) is 0 Å². The summed E-state index contributed by atoms with van der Waals surface area (Å²) in [5.41, 5.74) is 2.47. The molecule has 1 N–H and O–H groups in total. The van der Waals surface area contributed by atoms with Crippen molar-refractivity contribution < 1.29 is 17.9 Å². The lowest BCUT2D eigenvalue weighted by Gasteiger charge is -2.20. The Morgan fingerprint density at radius 2 is 1.76 bits per heavy atom. The molecule has 0 aliphatic carbocycles. The van der Waals surface area contributed by atoms with Gasteiger partial charge in [0.25, 0.3) is 0 Å². The molecule has 0 aliphatic rings. The SMILES string of the molecule is CCCC/C(=C/S(=O)(=O)c1ccc(C)cc1)N[C@@H](Cc1ccccc1)C(=O)OC. The number of hydrogen-bond donors (Lipinski definition) is 1. The van der Waals surface area contributed by atoms with Crippen molar-refractivity contribution in [2.75, 3.05) is 7.11 Å². The first kappa shape index (κ1) is 22.7. The summed E-state index contributed by atoms with van der Waals surface area (Å²) in [6.45, 7) is 3.94. The topological polar surface area (TPSA) is 72.5 Å². The number of carbonyl (C=O) groups is 1. The van der Waals surface area contributed by atoms with Crippen molar-refractivity contribution in [1.29, 1.82) is 0 Å². The first-order valence-electron chi connectivity index (χ1n) is 9.76. The summed E-state index contributed by atoms with van der Waals surface area (Å²) < 4.78 is 30.7. The third-order valence-electron chi connectivity index (χ3n) is 4.57. The van der Waals surface area contributed by atoms with E-state index < -0.39 is 21.8 Å². The van der Waals surface area contributed by atoms with E-state index in [-0.39, 0.29) is 4.90 Å². The largest absolute Gasteiger partial charge is 0.467 e. The van der Waals surface area contributed by atoms with E-state index in [0.717, 1.165) is 24.0 Å². The van der Waals surface area contributed by atoms with Gasteiger partial charge in [0.05, 0.1) is 17.4 Å². The van der Waals surface area contributed by atoms with Crippen LogP contribution in [0.2, 0.25) is 0 Å². The lowest BCUT2D eigenvalue weighted by Crippen LogP contribution is -2.39. The van der Waals surface area contributed by atoms with Crippen LogP contribution < -0.4 is 5.32 Å². The summed E-state index contributed by atoms with van der Waals surface area (Å²) in [6, 6.07) is 15.6. The highest BCUT2D eigenvalue weighted by atomic mass is 32.2. The molecule has 0 spiro atoms. The van der Waals surface area contributed by atoms with Crippen molar-refractivity contribution in [2.24, 2.45) is 0 Å². The number of ether oxygens (including phenoxy) is 1. The van der Waals surface area contributed by atoms with E-state index in [9.17, 15) is 13.2 Å². The average Bonchev–Trinajstić information content (AvgIpc) is 2.71. The first-order chi connectivity index (χ1) is 13.9. The molecule has 0 amide bonds. The molecule has 156 valence electrons. The third-order valence-corrected chi connectivity index (χ3v) is 6.10. The number of unbranched alkanes of at least 4 members (excludes halogenated alkanes) is 1. The van der Waals surface area contributed by atoms with Crippen LogP contribution in [0.1, 0.15) is 37.3 Å². The number of methoxy groups -OCH3 is 1. The Bertz CT molecular complexity index is 919. The number of rotatable bonds is 10. The normalized spacial score (nSPS) is 13.0. The van der Waals surface area contributed by atoms with E-state index in [4.69, 9.17) is 4.74 Å². The van der Waals surface area contributed by atoms with E-state index >= 15 is 0 Å². The van der Waals surface area contributed by atoms with Gasteiger partial charge < -0.3 is 10.1 Å². The van der Waals surface area contributed by atoms with Crippen molar-refractivity contribution in [2.45, 2.75) is 50.5 Å². The number of hydrogen-bond acceptors (Lipinski definition) is 5. The quantitative estimate of drug-likeness (QED) is 0.590. The molecule has 1 atom stereocenters. The minimum Gasteiger partial charge on any atom is -0.467 e. The van der Waals surface area contributed by atoms with Gasteiger partial charge in [0, 0.05) is 12.1 Å². The van der Waals surface area contributed by atoms with Crippen molar-refractivity contribution >= 4 is 15.8 Å². The molecule has 0 bridgehead atoms. The number of sulfone groups is 1. The molecule has 2 aromatic rings. The van der Waals surface area contributed by atoms with Crippen LogP contribution in [0.25, 0.3) is 0 Å². The zero-order valence-corrected chi connectivity index (χ0v) is 18.0. The average molecular weight is 416 g/mol. The summed E-state index contributed by atoms with van der Waals surface area (Å²) in [7, 11) is -2.30. The molecule has 2 rings (SSSR count). The van der Waals surface area contributed by atoms with Gasteiger partial charge in [0.15, 0.2) is 0 Å². The zero-order chi connectivity index (χ0) is 21.3. The molecule has 0 unspecified atom stereocenters. The Morgan fingerprint density at radius 1 is 1.10 bits per heavy atom. The van der Waals surface area contributed by atoms with Crippen molar-refractivity contribution in [1.82, 2.24) is 5.32 Å². The van der Waals surface area contributed by atoms with Crippen LogP contribution in [-0.4, -0.2) is 27.5 Å². The molecule has 0 saturated carbocycles. The van der Waals surface area contributed by atoms with Gasteiger partial charge in [-0.05, 0) is 37.5 Å². The van der Waals surface area contributed by atoms with E-state index in [1.807, 2.05) is 44.2 Å². The molecule has 0 aromatic heterocycles. The highest BCUT2D eigenvalue weighted by Gasteiger charge is 2.22. The van der Waals surface area contributed by atoms with Crippen LogP contribution in [-0.2, 0) is 25.8 Å². The monoisotopic (exact) mass is 415 g/mol. The summed E-state index contributed by atoms with van der Waals surface area (Å²) in [5.74, 6) is -0.427. The Hall–Kier alpha value is -2.60. The highest BCUT2D eigenvalue weighted by molar-refractivity contribution is 7.94. The van der Waals surface area contributed by atoms with Crippen LogP contribution >= 0.6 is 0 Å². The molecule has 29 heavy (non-hydrogen) atoms. The van der Waals surface area contributed by atoms with Crippen LogP contribution in [0.5, 0.6) is 0 Å². The van der Waals surface area contributed by atoms with Gasteiger partial charge in [-0.25, -0.2) is 13.2 Å². The fourth-order valence-corrected chi connectivity index (χ4v) is 4.14. The molecule has 2 aromatic carbocycles. The summed E-state index contributed by atoms with van der Waals surface area (Å²) in [4.78, 5) is 12.6. The number of esters is 1. The summed E-state index contributed by atoms with van der Waals surface area (Å²) >= 11 is 0. The van der Waals surface area contributed by atoms with Crippen LogP contribution in [0.15, 0.2) is 70.6 Å². The van der Waals surface area contributed by atoms with E-state index in [0.29, 0.717) is 18.5 Å². The van der Waals surface area contributed by atoms with Gasteiger partial charge in [-0.1, -0.05) is 61.4 Å². The number of allylic oxidation sites excluding steroid dienone is 1. The molecule has 0 radical (unpaired) electrons. The van der Waals surface area contributed by atoms with Gasteiger partial charge in [-0.2, -0.15) is 0 Å². The second-order valence-electron chi connectivity index (χ2n) is 7.01. The number of carbonyl (C=O) groups excluding carboxylic acids is 1. The van der Waals surface area contributed by atoms with Gasteiger partial charge in [0.1, 0.15) is 6.04 Å². The number of nitrogens with one attached hydrogen (secondary N) is 1. The Morgan fingerprint density at radius 3 is 2.34 bits per heavy atom. The van der Waals surface area contributed by atoms with Crippen LogP contribution in [0.4, 0.5) is 0 Å². The zero-order valence-electron chi connectivity index (χ0n) is 17.2. The Labute approximate surface area is 173 Å². The fourth-order valence-electron chi connectivity index (χ4n) is 2.92. The van der Waals surface area contributed by atoms with Crippen LogP contribution in [0.3, 0.4) is 0 Å². The molecule has 0 aliphatic heterocycles. The molecule has 0 fully saturated rings. The minimum absolute atomic E-state index is 0.233. The lowest BCUT2D eigenvalue weighted by molar-refractivity contribution is -0.142. The molecule has 5 nitrogen and oxygen atoms in total. The van der Waals surface area contributed by atoms with E-state index in [2.05, 4.69) is 5.32 Å². The van der Waals surface area contributed by atoms with Gasteiger partial charge in [0.2, 0.25) is 9.84 Å².